The SMILES string of the molecule is [O]c1ccccc1Cc1ccccc1. The molecule has 1 radical (unpaired) electrons. The van der Waals surface area contributed by atoms with Crippen LogP contribution in [-0.2, 0) is 11.5 Å². The summed E-state index contributed by atoms with van der Waals surface area (Å²) >= 11 is 0. The molecule has 2 aromatic rings. The molecule has 14 heavy (non-hydrogen) atoms. The Bertz CT molecular complexity index is 407. The highest BCUT2D eigenvalue weighted by molar-refractivity contribution is 5.35. The van der Waals surface area contributed by atoms with Crippen LogP contribution in [0.2, 0.25) is 0 Å². The molecular formula is C13H11O. The predicted molar refractivity (Wildman–Crippen MR) is 55.8 cm³/mol. The molecule has 1 heteroatoms. The molecule has 0 aliphatic carbocycles. The molecule has 0 unspecified atom stereocenters. The Morgan fingerprint density at radius 1 is 0.786 bits per heavy atom. The topological polar surface area (TPSA) is 19.9 Å². The van der Waals surface area contributed by atoms with Gasteiger partial charge in [-0.1, -0.05) is 48.5 Å². The van der Waals surface area contributed by atoms with E-state index >= 15 is 0 Å². The van der Waals surface area contributed by atoms with Crippen LogP contribution in [0.25, 0.3) is 0 Å². The van der Waals surface area contributed by atoms with Crippen LogP contribution >= 0.6 is 0 Å². The van der Waals surface area contributed by atoms with Crippen molar-refractivity contribution in [3.63, 3.8) is 0 Å². The van der Waals surface area contributed by atoms with Crippen molar-refractivity contribution in [3.05, 3.63) is 65.7 Å². The Hall–Kier alpha value is -1.76. The Labute approximate surface area is 83.6 Å². The van der Waals surface area contributed by atoms with Gasteiger partial charge in [-0.25, -0.2) is 0 Å². The van der Waals surface area contributed by atoms with Crippen molar-refractivity contribution in [2.75, 3.05) is 0 Å². The van der Waals surface area contributed by atoms with Crippen LogP contribution in [0.4, 0.5) is 0 Å². The first-order chi connectivity index (χ1) is 6.86. The highest BCUT2D eigenvalue weighted by atomic mass is 16.3. The predicted octanol–water partition coefficient (Wildman–Crippen LogP) is 3.42. The largest absolute Gasteiger partial charge is 0.290 e. The maximum absolute atomic E-state index is 11.4. The third-order valence-electron chi connectivity index (χ3n) is 2.21. The van der Waals surface area contributed by atoms with E-state index in [1.54, 1.807) is 12.1 Å². The van der Waals surface area contributed by atoms with Gasteiger partial charge in [0, 0.05) is 12.0 Å². The highest BCUT2D eigenvalue weighted by Gasteiger charge is 2.01. The lowest BCUT2D eigenvalue weighted by molar-refractivity contribution is 0.350. The van der Waals surface area contributed by atoms with Crippen molar-refractivity contribution in [1.29, 1.82) is 0 Å². The van der Waals surface area contributed by atoms with Crippen molar-refractivity contribution in [1.82, 2.24) is 0 Å². The summed E-state index contributed by atoms with van der Waals surface area (Å²) in [4.78, 5) is 0. The quantitative estimate of drug-likeness (QED) is 0.679. The summed E-state index contributed by atoms with van der Waals surface area (Å²) in [6.07, 6.45) is 0.723. The minimum atomic E-state index is 0.122. The average Bonchev–Trinajstić information content (AvgIpc) is 2.23. The van der Waals surface area contributed by atoms with Gasteiger partial charge in [-0.2, -0.15) is 0 Å². The summed E-state index contributed by atoms with van der Waals surface area (Å²) in [5.74, 6) is 0.122. The van der Waals surface area contributed by atoms with Gasteiger partial charge < -0.3 is 0 Å². The van der Waals surface area contributed by atoms with Gasteiger partial charge in [0.1, 0.15) is 0 Å². The van der Waals surface area contributed by atoms with Crippen LogP contribution in [0.5, 0.6) is 5.75 Å². The van der Waals surface area contributed by atoms with Gasteiger partial charge in [0.15, 0.2) is 5.75 Å². The fourth-order valence-corrected chi connectivity index (χ4v) is 1.47. The smallest absolute Gasteiger partial charge is 0.182 e. The molecule has 0 atom stereocenters. The second-order valence-corrected chi connectivity index (χ2v) is 3.27. The first kappa shape index (κ1) is 8.82. The lowest BCUT2D eigenvalue weighted by Gasteiger charge is -2.01. The Balaban J connectivity index is 2.24. The lowest BCUT2D eigenvalue weighted by Crippen LogP contribution is -1.86. The van der Waals surface area contributed by atoms with Crippen LogP contribution in [0.15, 0.2) is 54.6 Å². The van der Waals surface area contributed by atoms with E-state index in [1.807, 2.05) is 42.5 Å². The van der Waals surface area contributed by atoms with Crippen molar-refractivity contribution in [2.45, 2.75) is 6.42 Å². The third-order valence-corrected chi connectivity index (χ3v) is 2.21. The molecule has 0 saturated carbocycles. The number of hydrogen-bond acceptors (Lipinski definition) is 0. The summed E-state index contributed by atoms with van der Waals surface area (Å²) in [5.41, 5.74) is 2.04. The molecule has 0 heterocycles. The molecule has 0 spiro atoms. The van der Waals surface area contributed by atoms with Gasteiger partial charge in [0.2, 0.25) is 0 Å². The third kappa shape index (κ3) is 1.94. The molecule has 0 aliphatic heterocycles. The summed E-state index contributed by atoms with van der Waals surface area (Å²) in [7, 11) is 0. The molecule has 0 N–H and O–H groups in total. The van der Waals surface area contributed by atoms with Crippen LogP contribution < -0.4 is 0 Å². The van der Waals surface area contributed by atoms with Crippen LogP contribution in [-0.4, -0.2) is 0 Å². The second kappa shape index (κ2) is 3.97. The molecule has 0 aliphatic rings. The van der Waals surface area contributed by atoms with Crippen molar-refractivity contribution in [2.24, 2.45) is 0 Å². The van der Waals surface area contributed by atoms with Crippen molar-refractivity contribution in [3.8, 4) is 5.75 Å². The normalized spacial score (nSPS) is 10.0. The van der Waals surface area contributed by atoms with Crippen LogP contribution in [0.3, 0.4) is 0 Å². The minimum Gasteiger partial charge on any atom is -0.290 e. The van der Waals surface area contributed by atoms with Crippen molar-refractivity contribution >= 4 is 0 Å². The van der Waals surface area contributed by atoms with Crippen LogP contribution in [0.1, 0.15) is 11.1 Å². The minimum absolute atomic E-state index is 0.122. The van der Waals surface area contributed by atoms with Gasteiger partial charge >= 0.3 is 0 Å². The molecule has 0 bridgehead atoms. The number of hydrogen-bond donors (Lipinski definition) is 0. The van der Waals surface area contributed by atoms with Gasteiger partial charge in [0.05, 0.1) is 0 Å². The zero-order valence-electron chi connectivity index (χ0n) is 7.81. The van der Waals surface area contributed by atoms with Gasteiger partial charge in [-0.15, -0.1) is 0 Å². The highest BCUT2D eigenvalue weighted by Crippen LogP contribution is 2.19. The van der Waals surface area contributed by atoms with E-state index in [0.717, 1.165) is 12.0 Å². The Morgan fingerprint density at radius 2 is 1.43 bits per heavy atom. The monoisotopic (exact) mass is 183 g/mol. The summed E-state index contributed by atoms with van der Waals surface area (Å²) in [5, 5.41) is 11.4. The Kier molecular flexibility index (Phi) is 2.50. The van der Waals surface area contributed by atoms with E-state index in [2.05, 4.69) is 0 Å². The zero-order valence-corrected chi connectivity index (χ0v) is 7.81. The standard InChI is InChI=1S/C13H11O/c14-13-9-5-4-8-12(13)10-11-6-2-1-3-7-11/h1-9H,10H2. The van der Waals surface area contributed by atoms with E-state index in [4.69, 9.17) is 0 Å². The van der Waals surface area contributed by atoms with Crippen LogP contribution in [0, 0.1) is 0 Å². The first-order valence-electron chi connectivity index (χ1n) is 4.65. The molecule has 0 amide bonds. The fourth-order valence-electron chi connectivity index (χ4n) is 1.47. The van der Waals surface area contributed by atoms with Gasteiger partial charge in [-0.3, -0.25) is 5.11 Å². The summed E-state index contributed by atoms with van der Waals surface area (Å²) < 4.78 is 0. The van der Waals surface area contributed by atoms with Crippen molar-refractivity contribution < 1.29 is 5.11 Å². The lowest BCUT2D eigenvalue weighted by atomic mass is 10.0. The molecule has 2 rings (SSSR count). The van der Waals surface area contributed by atoms with E-state index in [-0.39, 0.29) is 5.75 Å². The molecule has 0 aromatic heterocycles. The van der Waals surface area contributed by atoms with E-state index < -0.39 is 0 Å². The average molecular weight is 183 g/mol. The molecule has 0 fully saturated rings. The maximum Gasteiger partial charge on any atom is 0.182 e. The number of para-hydroxylation sites is 1. The van der Waals surface area contributed by atoms with E-state index in [0.29, 0.717) is 0 Å². The first-order valence-corrected chi connectivity index (χ1v) is 4.65. The summed E-state index contributed by atoms with van der Waals surface area (Å²) in [6, 6.07) is 17.2. The number of rotatable bonds is 2. The fraction of sp³-hybridized carbons (Fsp3) is 0.0769. The second-order valence-electron chi connectivity index (χ2n) is 3.27. The summed E-state index contributed by atoms with van der Waals surface area (Å²) in [6.45, 7) is 0. The molecular weight excluding hydrogens is 172 g/mol. The van der Waals surface area contributed by atoms with Gasteiger partial charge in [-0.05, 0) is 11.6 Å². The molecule has 69 valence electrons. The molecule has 2 aromatic carbocycles. The van der Waals surface area contributed by atoms with E-state index in [1.165, 1.54) is 5.56 Å². The van der Waals surface area contributed by atoms with E-state index in [9.17, 15) is 5.11 Å². The van der Waals surface area contributed by atoms with Gasteiger partial charge in [0.25, 0.3) is 0 Å². The Morgan fingerprint density at radius 3 is 2.14 bits per heavy atom. The molecule has 1 nitrogen and oxygen atoms in total. The molecule has 0 saturated heterocycles. The maximum atomic E-state index is 11.4. The zero-order chi connectivity index (χ0) is 9.80. The number of benzene rings is 2.